The van der Waals surface area contributed by atoms with Crippen LogP contribution in [0.15, 0.2) is 53.4 Å². The van der Waals surface area contributed by atoms with Crippen LogP contribution in [0.2, 0.25) is 0 Å². The van der Waals surface area contributed by atoms with Gasteiger partial charge in [-0.05, 0) is 46.1 Å². The summed E-state index contributed by atoms with van der Waals surface area (Å²) >= 11 is 0. The quantitative estimate of drug-likeness (QED) is 0.543. The van der Waals surface area contributed by atoms with E-state index >= 15 is 0 Å². The van der Waals surface area contributed by atoms with E-state index in [1.807, 2.05) is 48.2 Å². The summed E-state index contributed by atoms with van der Waals surface area (Å²) in [6, 6.07) is 12.3. The molecule has 1 aromatic heterocycles. The van der Waals surface area contributed by atoms with Gasteiger partial charge >= 0.3 is 6.18 Å². The van der Waals surface area contributed by atoms with Gasteiger partial charge < -0.3 is 16.0 Å². The van der Waals surface area contributed by atoms with Crippen molar-refractivity contribution in [2.75, 3.05) is 22.5 Å². The minimum atomic E-state index is -4.67. The third kappa shape index (κ3) is 5.02. The first-order valence-corrected chi connectivity index (χ1v) is 12.5. The highest BCUT2D eigenvalue weighted by Crippen LogP contribution is 2.31. The molecule has 180 valence electrons. The molecular weight excluding hydrogens is 465 g/mol. The third-order valence-electron chi connectivity index (χ3n) is 5.80. The molecule has 3 N–H and O–H groups in total. The summed E-state index contributed by atoms with van der Waals surface area (Å²) in [5.74, 6) is 3.93. The lowest BCUT2D eigenvalue weighted by molar-refractivity contribution is -0.153. The standard InChI is InChI=1S/C24H25F3N4O2S/c1-15-7-8-18-17(11-15)19(30-23(32)13-21(28)24(25,26)27)12-22(29-18)31-9-10-34(2,33)20-6-4-3-5-16(20)14-31/h3-8,11-12,21H,2,9-10,13-14,28H2,1H3,(H,29,30,32). The number of carbonyl (C=O) groups excluding carboxylic acids is 1. The van der Waals surface area contributed by atoms with Crippen molar-refractivity contribution in [2.24, 2.45) is 5.73 Å². The van der Waals surface area contributed by atoms with E-state index in [0.29, 0.717) is 46.1 Å². The molecular formula is C24H25F3N4O2S. The van der Waals surface area contributed by atoms with Crippen LogP contribution in [-0.4, -0.2) is 45.5 Å². The number of nitrogens with one attached hydrogen (secondary N) is 1. The molecule has 0 radical (unpaired) electrons. The molecule has 1 aliphatic heterocycles. The summed E-state index contributed by atoms with van der Waals surface area (Å²) < 4.78 is 51.7. The van der Waals surface area contributed by atoms with Crippen molar-refractivity contribution in [3.63, 3.8) is 0 Å². The van der Waals surface area contributed by atoms with Gasteiger partial charge in [-0.3, -0.25) is 9.00 Å². The van der Waals surface area contributed by atoms with Crippen LogP contribution < -0.4 is 16.0 Å². The fourth-order valence-corrected chi connectivity index (χ4v) is 5.63. The topological polar surface area (TPSA) is 88.3 Å². The number of carbonyl (C=O) groups is 1. The second-order valence-corrected chi connectivity index (χ2v) is 11.0. The summed E-state index contributed by atoms with van der Waals surface area (Å²) in [7, 11) is -2.48. The highest BCUT2D eigenvalue weighted by Gasteiger charge is 2.38. The maximum Gasteiger partial charge on any atom is 0.404 e. The van der Waals surface area contributed by atoms with E-state index in [1.54, 1.807) is 12.1 Å². The minimum absolute atomic E-state index is 0.319. The molecule has 0 bridgehead atoms. The average molecular weight is 491 g/mol. The number of nitrogens with zero attached hydrogens (tertiary/aromatic N) is 2. The van der Waals surface area contributed by atoms with Gasteiger partial charge in [0.15, 0.2) is 0 Å². The molecule has 2 unspecified atom stereocenters. The van der Waals surface area contributed by atoms with Gasteiger partial charge in [-0.15, -0.1) is 0 Å². The highest BCUT2D eigenvalue weighted by molar-refractivity contribution is 8.00. The number of hydrogen-bond donors (Lipinski definition) is 2. The van der Waals surface area contributed by atoms with Gasteiger partial charge in [-0.2, -0.15) is 13.2 Å². The fourth-order valence-electron chi connectivity index (χ4n) is 3.95. The molecule has 0 aliphatic carbocycles. The number of pyridine rings is 1. The lowest BCUT2D eigenvalue weighted by Crippen LogP contribution is -2.40. The van der Waals surface area contributed by atoms with Crippen LogP contribution in [0, 0.1) is 6.92 Å². The molecule has 4 rings (SSSR count). The molecule has 0 spiro atoms. The Morgan fingerprint density at radius 3 is 2.74 bits per heavy atom. The van der Waals surface area contributed by atoms with Crippen molar-refractivity contribution < 1.29 is 22.2 Å². The van der Waals surface area contributed by atoms with Crippen LogP contribution in [-0.2, 0) is 20.9 Å². The van der Waals surface area contributed by atoms with E-state index in [9.17, 15) is 22.2 Å². The second kappa shape index (κ2) is 8.92. The Bertz CT molecular complexity index is 1360. The Kier molecular flexibility index (Phi) is 6.30. The van der Waals surface area contributed by atoms with Crippen molar-refractivity contribution in [1.82, 2.24) is 4.98 Å². The van der Waals surface area contributed by atoms with Gasteiger partial charge in [-0.1, -0.05) is 29.8 Å². The smallest absolute Gasteiger partial charge is 0.351 e. The zero-order valence-corrected chi connectivity index (χ0v) is 19.4. The number of benzene rings is 2. The molecule has 6 nitrogen and oxygen atoms in total. The Hall–Kier alpha value is -3.11. The predicted octanol–water partition coefficient (Wildman–Crippen LogP) is 3.86. The Morgan fingerprint density at radius 2 is 2.00 bits per heavy atom. The molecule has 2 aromatic carbocycles. The maximum absolute atomic E-state index is 13.2. The first kappa shape index (κ1) is 24.0. The van der Waals surface area contributed by atoms with Crippen LogP contribution in [0.4, 0.5) is 24.7 Å². The van der Waals surface area contributed by atoms with E-state index in [4.69, 9.17) is 10.7 Å². The van der Waals surface area contributed by atoms with Crippen molar-refractivity contribution in [1.29, 1.82) is 0 Å². The first-order valence-electron chi connectivity index (χ1n) is 10.7. The second-order valence-electron chi connectivity index (χ2n) is 8.49. The average Bonchev–Trinajstić information content (AvgIpc) is 2.89. The van der Waals surface area contributed by atoms with E-state index in [-0.39, 0.29) is 0 Å². The Labute approximate surface area is 196 Å². The number of alkyl halides is 3. The number of amides is 1. The SMILES string of the molecule is C=S1(=O)CCN(c2cc(NC(=O)CC(N)C(F)(F)F)c3cc(C)ccc3n2)Cc2ccccc21. The minimum Gasteiger partial charge on any atom is -0.351 e. The maximum atomic E-state index is 13.2. The molecule has 10 heteroatoms. The van der Waals surface area contributed by atoms with E-state index < -0.39 is 34.1 Å². The molecule has 34 heavy (non-hydrogen) atoms. The van der Waals surface area contributed by atoms with Gasteiger partial charge in [0.05, 0.1) is 17.6 Å². The van der Waals surface area contributed by atoms with Gasteiger partial charge in [-0.25, -0.2) is 4.98 Å². The normalized spacial score (nSPS) is 19.4. The highest BCUT2D eigenvalue weighted by atomic mass is 32.2. The predicted molar refractivity (Wildman–Crippen MR) is 130 cm³/mol. The van der Waals surface area contributed by atoms with Gasteiger partial charge in [0, 0.05) is 35.2 Å². The van der Waals surface area contributed by atoms with Gasteiger partial charge in [0.25, 0.3) is 0 Å². The molecule has 3 aromatic rings. The summed E-state index contributed by atoms with van der Waals surface area (Å²) in [5.41, 5.74) is 7.83. The molecule has 2 heterocycles. The number of hydrogen-bond acceptors (Lipinski definition) is 5. The number of halogens is 3. The zero-order chi connectivity index (χ0) is 24.7. The van der Waals surface area contributed by atoms with Gasteiger partial charge in [0.1, 0.15) is 11.9 Å². The lowest BCUT2D eigenvalue weighted by atomic mass is 10.1. The van der Waals surface area contributed by atoms with Gasteiger partial charge in [0.2, 0.25) is 5.91 Å². The molecule has 1 aliphatic rings. The lowest BCUT2D eigenvalue weighted by Gasteiger charge is -2.23. The van der Waals surface area contributed by atoms with Crippen LogP contribution in [0.3, 0.4) is 0 Å². The summed E-state index contributed by atoms with van der Waals surface area (Å²) in [4.78, 5) is 19.8. The van der Waals surface area contributed by atoms with Crippen molar-refractivity contribution in [2.45, 2.75) is 37.0 Å². The summed E-state index contributed by atoms with van der Waals surface area (Å²) in [6.07, 6.45) is -5.56. The molecule has 0 saturated carbocycles. The number of rotatable bonds is 4. The number of fused-ring (bicyclic) bond motifs is 2. The third-order valence-corrected chi connectivity index (χ3v) is 7.84. The zero-order valence-electron chi connectivity index (χ0n) is 18.6. The first-order chi connectivity index (χ1) is 15.9. The molecule has 2 atom stereocenters. The molecule has 0 fully saturated rings. The van der Waals surface area contributed by atoms with E-state index in [1.165, 1.54) is 0 Å². The summed E-state index contributed by atoms with van der Waals surface area (Å²) in [6.45, 7) is 2.71. The Balaban J connectivity index is 1.72. The number of aryl methyl sites for hydroxylation is 1. The molecule has 0 saturated heterocycles. The van der Waals surface area contributed by atoms with Crippen LogP contribution in [0.1, 0.15) is 17.5 Å². The monoisotopic (exact) mass is 490 g/mol. The van der Waals surface area contributed by atoms with E-state index in [2.05, 4.69) is 11.2 Å². The summed E-state index contributed by atoms with van der Waals surface area (Å²) in [5, 5.41) is 3.20. The fraction of sp³-hybridized carbons (Fsp3) is 0.292. The molecule has 1 amide bonds. The van der Waals surface area contributed by atoms with Crippen LogP contribution in [0.5, 0.6) is 0 Å². The number of anilines is 2. The van der Waals surface area contributed by atoms with Crippen molar-refractivity contribution in [3.8, 4) is 0 Å². The van der Waals surface area contributed by atoms with Crippen LogP contribution >= 0.6 is 0 Å². The Morgan fingerprint density at radius 1 is 1.26 bits per heavy atom. The number of aromatic nitrogens is 1. The van der Waals surface area contributed by atoms with E-state index in [0.717, 1.165) is 11.1 Å². The van der Waals surface area contributed by atoms with Crippen LogP contribution in [0.25, 0.3) is 10.9 Å². The largest absolute Gasteiger partial charge is 0.404 e. The van der Waals surface area contributed by atoms with Crippen molar-refractivity contribution in [3.05, 3.63) is 59.7 Å². The number of nitrogens with two attached hydrogens (primary N) is 1. The van der Waals surface area contributed by atoms with Crippen molar-refractivity contribution >= 4 is 43.7 Å².